The van der Waals surface area contributed by atoms with E-state index in [9.17, 15) is 0 Å². The Hall–Kier alpha value is -0.710. The highest BCUT2D eigenvalue weighted by Crippen LogP contribution is 1.68. The molecule has 1 heterocycles. The summed E-state index contributed by atoms with van der Waals surface area (Å²) in [6, 6.07) is 0. The van der Waals surface area contributed by atoms with Crippen LogP contribution in [0, 0.1) is 0 Å². The summed E-state index contributed by atoms with van der Waals surface area (Å²) in [5.41, 5.74) is 0. The summed E-state index contributed by atoms with van der Waals surface area (Å²) in [7, 11) is 0. The summed E-state index contributed by atoms with van der Waals surface area (Å²) in [5.74, 6) is 0. The first-order valence-corrected chi connectivity index (χ1v) is 2.82. The van der Waals surface area contributed by atoms with E-state index in [1.165, 1.54) is 0 Å². The minimum atomic E-state index is -1.14. The molecule has 1 aliphatic heterocycles. The number of thiol groups is 1. The minimum Gasteiger partial charge on any atom is -0.473 e. The Labute approximate surface area is 58.4 Å². The van der Waals surface area contributed by atoms with Crippen molar-refractivity contribution < 1.29 is 9.90 Å². The largest absolute Gasteiger partial charge is 0.473 e. The van der Waals surface area contributed by atoms with E-state index < -0.39 is 5.30 Å². The van der Waals surface area contributed by atoms with Crippen LogP contribution in [0.2, 0.25) is 0 Å². The van der Waals surface area contributed by atoms with Crippen molar-refractivity contribution >= 4 is 24.3 Å². The molecule has 0 saturated heterocycles. The summed E-state index contributed by atoms with van der Waals surface area (Å²) in [6.45, 7) is 1.99. The second-order valence-electron chi connectivity index (χ2n) is 1.27. The first-order chi connectivity index (χ1) is 4.23. The molecule has 0 aromatic rings. The number of carbonyl (C=O) groups is 1. The monoisotopic (exact) mass is 148 g/mol. The Morgan fingerprint density at radius 2 is 2.44 bits per heavy atom. The minimum absolute atomic E-state index is 0.958. The van der Waals surface area contributed by atoms with Crippen LogP contribution in [0.15, 0.2) is 4.99 Å². The van der Waals surface area contributed by atoms with Gasteiger partial charge in [-0.1, -0.05) is 12.6 Å². The van der Waals surface area contributed by atoms with Gasteiger partial charge in [0.15, 0.2) is 0 Å². The molecule has 1 rings (SSSR count). The van der Waals surface area contributed by atoms with Crippen molar-refractivity contribution in [2.24, 2.45) is 4.99 Å². The topological polar surface area (TPSA) is 61.7 Å². The second-order valence-corrected chi connectivity index (χ2v) is 1.65. The number of hydrogen-bond acceptors (Lipinski definition) is 3. The first kappa shape index (κ1) is 8.29. The van der Waals surface area contributed by atoms with Crippen LogP contribution in [0.5, 0.6) is 0 Å². The van der Waals surface area contributed by atoms with Crippen LogP contribution in [0.1, 0.15) is 0 Å². The molecule has 9 heavy (non-hydrogen) atoms. The second kappa shape index (κ2) is 5.43. The molecule has 0 aliphatic carbocycles. The molecule has 0 saturated carbocycles. The third kappa shape index (κ3) is 11.1. The lowest BCUT2D eigenvalue weighted by Gasteiger charge is -1.75. The van der Waals surface area contributed by atoms with Crippen LogP contribution in [0.25, 0.3) is 0 Å². The predicted octanol–water partition coefficient (Wildman–Crippen LogP) is 0.212. The maximum absolute atomic E-state index is 8.86. The van der Waals surface area contributed by atoms with Gasteiger partial charge < -0.3 is 10.4 Å². The summed E-state index contributed by atoms with van der Waals surface area (Å²) < 4.78 is 0. The lowest BCUT2D eigenvalue weighted by molar-refractivity contribution is 0.222. The highest BCUT2D eigenvalue weighted by Gasteiger charge is 1.82. The zero-order chi connectivity index (χ0) is 7.11. The fourth-order valence-corrected chi connectivity index (χ4v) is 0.323. The molecule has 2 N–H and O–H groups in total. The molecule has 0 fully saturated rings. The fraction of sp³-hybridized carbons (Fsp3) is 0.500. The van der Waals surface area contributed by atoms with Gasteiger partial charge in [-0.05, 0) is 0 Å². The van der Waals surface area contributed by atoms with E-state index in [0.717, 1.165) is 13.1 Å². The number of nitrogens with one attached hydrogen (secondary N) is 1. The Kier molecular flexibility index (Phi) is 5.00. The van der Waals surface area contributed by atoms with Gasteiger partial charge in [-0.2, -0.15) is 0 Å². The summed E-state index contributed by atoms with van der Waals surface area (Å²) >= 11 is 2.88. The van der Waals surface area contributed by atoms with Crippen LogP contribution in [0.3, 0.4) is 0 Å². The number of rotatable bonds is 0. The van der Waals surface area contributed by atoms with Gasteiger partial charge in [0.05, 0.1) is 12.9 Å². The lowest BCUT2D eigenvalue weighted by Crippen LogP contribution is -2.04. The van der Waals surface area contributed by atoms with E-state index in [0.29, 0.717) is 0 Å². The van der Waals surface area contributed by atoms with Crippen molar-refractivity contribution in [3.63, 3.8) is 0 Å². The van der Waals surface area contributed by atoms with Crippen molar-refractivity contribution in [2.45, 2.75) is 0 Å². The van der Waals surface area contributed by atoms with Crippen LogP contribution >= 0.6 is 12.6 Å². The zero-order valence-electron chi connectivity index (χ0n) is 4.74. The molecular weight excluding hydrogens is 140 g/mol. The molecular formula is C4H8N2O2S. The molecule has 0 atom stereocenters. The van der Waals surface area contributed by atoms with Crippen molar-refractivity contribution in [3.8, 4) is 0 Å². The standard InChI is InChI=1S/C3H6N2.CH2O2S/c1-2-5-3-4-1;2-1(3)4/h3H,1-2H2,(H,4,5);4H,(H,2,3). The maximum atomic E-state index is 8.86. The predicted molar refractivity (Wildman–Crippen MR) is 38.4 cm³/mol. The van der Waals surface area contributed by atoms with Crippen molar-refractivity contribution in [1.29, 1.82) is 0 Å². The maximum Gasteiger partial charge on any atom is 0.361 e. The zero-order valence-corrected chi connectivity index (χ0v) is 5.64. The van der Waals surface area contributed by atoms with E-state index in [4.69, 9.17) is 9.90 Å². The summed E-state index contributed by atoms with van der Waals surface area (Å²) in [6.07, 6.45) is 1.74. The molecule has 1 aliphatic rings. The van der Waals surface area contributed by atoms with Crippen molar-refractivity contribution in [1.82, 2.24) is 5.32 Å². The third-order valence-corrected chi connectivity index (χ3v) is 0.568. The van der Waals surface area contributed by atoms with Crippen LogP contribution in [-0.2, 0) is 0 Å². The van der Waals surface area contributed by atoms with E-state index in [2.05, 4.69) is 22.9 Å². The number of aliphatic imine (C=N–C) groups is 1. The fourth-order valence-electron chi connectivity index (χ4n) is 0.323. The number of carboxylic acid groups (broad SMARTS) is 1. The van der Waals surface area contributed by atoms with Crippen LogP contribution in [-0.4, -0.2) is 29.8 Å². The van der Waals surface area contributed by atoms with Crippen molar-refractivity contribution in [3.05, 3.63) is 0 Å². The normalized spacial score (nSPS) is 13.4. The Bertz CT molecular complexity index is 105. The highest BCUT2D eigenvalue weighted by atomic mass is 32.1. The Morgan fingerprint density at radius 1 is 1.89 bits per heavy atom. The van der Waals surface area contributed by atoms with Crippen LogP contribution < -0.4 is 5.32 Å². The van der Waals surface area contributed by atoms with Gasteiger partial charge in [-0.3, -0.25) is 4.99 Å². The molecule has 0 aromatic carbocycles. The Balaban J connectivity index is 0.000000148. The molecule has 0 bridgehead atoms. The van der Waals surface area contributed by atoms with E-state index >= 15 is 0 Å². The Morgan fingerprint density at radius 3 is 2.56 bits per heavy atom. The summed E-state index contributed by atoms with van der Waals surface area (Å²) in [4.78, 5) is 12.7. The molecule has 0 spiro atoms. The number of nitrogens with zero attached hydrogens (tertiary/aromatic N) is 1. The average molecular weight is 148 g/mol. The van der Waals surface area contributed by atoms with Crippen molar-refractivity contribution in [2.75, 3.05) is 13.1 Å². The van der Waals surface area contributed by atoms with Gasteiger partial charge in [0.2, 0.25) is 0 Å². The van der Waals surface area contributed by atoms with E-state index in [1.54, 1.807) is 6.34 Å². The highest BCUT2D eigenvalue weighted by molar-refractivity contribution is 7.96. The molecule has 4 nitrogen and oxygen atoms in total. The molecule has 0 aromatic heterocycles. The van der Waals surface area contributed by atoms with Gasteiger partial charge >= 0.3 is 5.30 Å². The van der Waals surface area contributed by atoms with E-state index in [-0.39, 0.29) is 0 Å². The summed E-state index contributed by atoms with van der Waals surface area (Å²) in [5, 5.41) is 9.07. The van der Waals surface area contributed by atoms with Gasteiger partial charge in [0.25, 0.3) is 0 Å². The van der Waals surface area contributed by atoms with Gasteiger partial charge in [0, 0.05) is 6.54 Å². The molecule has 5 heteroatoms. The first-order valence-electron chi connectivity index (χ1n) is 2.37. The van der Waals surface area contributed by atoms with Gasteiger partial charge in [-0.15, -0.1) is 0 Å². The van der Waals surface area contributed by atoms with E-state index in [1.807, 2.05) is 0 Å². The molecule has 0 amide bonds. The SMILES string of the molecule is C1=NCCN1.O=C(O)S. The van der Waals surface area contributed by atoms with Crippen LogP contribution in [0.4, 0.5) is 4.79 Å². The van der Waals surface area contributed by atoms with Gasteiger partial charge in [0.1, 0.15) is 0 Å². The molecule has 0 radical (unpaired) electrons. The quantitative estimate of drug-likeness (QED) is 0.430. The lowest BCUT2D eigenvalue weighted by atomic mass is 10.7. The number of hydrogen-bond donors (Lipinski definition) is 3. The molecule has 52 valence electrons. The third-order valence-electron chi connectivity index (χ3n) is 0.568. The average Bonchev–Trinajstić information content (AvgIpc) is 2.11. The smallest absolute Gasteiger partial charge is 0.361 e. The van der Waals surface area contributed by atoms with Gasteiger partial charge in [-0.25, -0.2) is 4.79 Å². The molecule has 0 unspecified atom stereocenters.